The molecule has 1 heterocycles. The third kappa shape index (κ3) is 4.36. The summed E-state index contributed by atoms with van der Waals surface area (Å²) in [4.78, 5) is 6.89. The molecule has 0 saturated carbocycles. The van der Waals surface area contributed by atoms with Crippen LogP contribution in [0.5, 0.6) is 5.75 Å². The van der Waals surface area contributed by atoms with E-state index in [0.717, 1.165) is 24.4 Å². The minimum absolute atomic E-state index is 0.504. The van der Waals surface area contributed by atoms with Crippen LogP contribution in [-0.2, 0) is 6.54 Å². The maximum Gasteiger partial charge on any atom is 0.188 e. The van der Waals surface area contributed by atoms with Gasteiger partial charge in [0.25, 0.3) is 0 Å². The minimum Gasteiger partial charge on any atom is -0.496 e. The summed E-state index contributed by atoms with van der Waals surface area (Å²) in [5.41, 5.74) is 7.00. The number of rotatable bonds is 6. The zero-order valence-electron chi connectivity index (χ0n) is 13.0. The van der Waals surface area contributed by atoms with Gasteiger partial charge in [0.15, 0.2) is 5.96 Å². The molecule has 116 valence electrons. The first-order valence-corrected chi connectivity index (χ1v) is 7.64. The summed E-state index contributed by atoms with van der Waals surface area (Å²) >= 11 is 0. The summed E-state index contributed by atoms with van der Waals surface area (Å²) in [6.45, 7) is 5.91. The van der Waals surface area contributed by atoms with Gasteiger partial charge in [0.1, 0.15) is 5.75 Å². The number of benzene rings is 1. The number of hydrogen-bond donors (Lipinski definition) is 2. The Labute approximate surface area is 127 Å². The number of aliphatic imine (C=N–C) groups is 1. The van der Waals surface area contributed by atoms with Crippen LogP contribution in [0.25, 0.3) is 0 Å². The van der Waals surface area contributed by atoms with Crippen LogP contribution >= 0.6 is 0 Å². The Morgan fingerprint density at radius 2 is 2.29 bits per heavy atom. The maximum atomic E-state index is 5.96. The average Bonchev–Trinajstić information content (AvgIpc) is 2.98. The number of hydrogen-bond acceptors (Lipinski definition) is 3. The van der Waals surface area contributed by atoms with E-state index in [4.69, 9.17) is 10.5 Å². The van der Waals surface area contributed by atoms with E-state index >= 15 is 0 Å². The first kappa shape index (κ1) is 15.6. The van der Waals surface area contributed by atoms with Crippen LogP contribution in [0.2, 0.25) is 0 Å². The van der Waals surface area contributed by atoms with E-state index in [-0.39, 0.29) is 0 Å². The lowest BCUT2D eigenvalue weighted by molar-refractivity contribution is 0.267. The Bertz CT molecular complexity index is 475. The van der Waals surface area contributed by atoms with Gasteiger partial charge in [-0.2, -0.15) is 0 Å². The van der Waals surface area contributed by atoms with Crippen LogP contribution in [0.4, 0.5) is 0 Å². The number of ether oxygens (including phenoxy) is 1. The molecule has 1 aromatic rings. The van der Waals surface area contributed by atoms with Crippen molar-refractivity contribution in [2.24, 2.45) is 10.7 Å². The predicted octanol–water partition coefficient (Wildman–Crippen LogP) is 1.58. The fraction of sp³-hybridized carbons (Fsp3) is 0.562. The number of nitrogens with one attached hydrogen (secondary N) is 1. The molecule has 3 N–H and O–H groups in total. The topological polar surface area (TPSA) is 62.9 Å². The van der Waals surface area contributed by atoms with Gasteiger partial charge in [-0.05, 0) is 32.0 Å². The van der Waals surface area contributed by atoms with Crippen molar-refractivity contribution in [2.45, 2.75) is 32.4 Å². The molecule has 1 saturated heterocycles. The van der Waals surface area contributed by atoms with Crippen LogP contribution < -0.4 is 15.8 Å². The molecule has 1 fully saturated rings. The Morgan fingerprint density at radius 1 is 1.48 bits per heavy atom. The zero-order chi connectivity index (χ0) is 15.1. The van der Waals surface area contributed by atoms with Gasteiger partial charge in [0.2, 0.25) is 0 Å². The molecular formula is C16H26N4O. The van der Waals surface area contributed by atoms with Crippen LogP contribution in [0, 0.1) is 0 Å². The average molecular weight is 290 g/mol. The highest BCUT2D eigenvalue weighted by Crippen LogP contribution is 2.18. The van der Waals surface area contributed by atoms with E-state index in [0.29, 0.717) is 18.5 Å². The number of nitrogens with zero attached hydrogens (tertiary/aromatic N) is 2. The van der Waals surface area contributed by atoms with Gasteiger partial charge in [-0.1, -0.05) is 25.1 Å². The molecule has 2 rings (SSSR count). The summed E-state index contributed by atoms with van der Waals surface area (Å²) in [6.07, 6.45) is 2.51. The smallest absolute Gasteiger partial charge is 0.188 e. The van der Waals surface area contributed by atoms with Gasteiger partial charge in [0.05, 0.1) is 13.7 Å². The molecular weight excluding hydrogens is 264 g/mol. The summed E-state index contributed by atoms with van der Waals surface area (Å²) in [6, 6.07) is 8.45. The molecule has 5 nitrogen and oxygen atoms in total. The van der Waals surface area contributed by atoms with Gasteiger partial charge in [-0.3, -0.25) is 4.90 Å². The molecule has 21 heavy (non-hydrogen) atoms. The lowest BCUT2D eigenvalue weighted by Gasteiger charge is -2.23. The number of methoxy groups -OCH3 is 1. The monoisotopic (exact) mass is 290 g/mol. The van der Waals surface area contributed by atoms with E-state index in [1.807, 2.05) is 24.3 Å². The fourth-order valence-electron chi connectivity index (χ4n) is 2.82. The zero-order valence-corrected chi connectivity index (χ0v) is 13.0. The van der Waals surface area contributed by atoms with Crippen LogP contribution in [0.3, 0.4) is 0 Å². The molecule has 5 heteroatoms. The standard InChI is InChI=1S/C16H26N4O/c1-3-20-10-6-8-14(20)12-19-16(17)18-11-13-7-4-5-9-15(13)21-2/h4-5,7,9,14H,3,6,8,10-12H2,1-2H3,(H3,17,18,19)/t14-/m0/s1. The highest BCUT2D eigenvalue weighted by Gasteiger charge is 2.22. The molecule has 1 aromatic carbocycles. The van der Waals surface area contributed by atoms with Gasteiger partial charge in [-0.25, -0.2) is 4.99 Å². The molecule has 0 bridgehead atoms. The Kier molecular flexibility index (Phi) is 5.87. The lowest BCUT2D eigenvalue weighted by atomic mass is 10.2. The number of likely N-dealkylation sites (tertiary alicyclic amines) is 1. The third-order valence-electron chi connectivity index (χ3n) is 4.04. The molecule has 1 atom stereocenters. The van der Waals surface area contributed by atoms with Gasteiger partial charge >= 0.3 is 0 Å². The molecule has 0 aliphatic carbocycles. The normalized spacial score (nSPS) is 19.7. The van der Waals surface area contributed by atoms with Crippen LogP contribution in [0.15, 0.2) is 29.3 Å². The molecule has 1 aliphatic heterocycles. The third-order valence-corrected chi connectivity index (χ3v) is 4.04. The van der Waals surface area contributed by atoms with Crippen molar-refractivity contribution in [1.29, 1.82) is 0 Å². The Balaban J connectivity index is 1.84. The SMILES string of the molecule is CCN1CCC[C@H]1CNC(N)=NCc1ccccc1OC. The maximum absolute atomic E-state index is 5.96. The van der Waals surface area contributed by atoms with Crippen molar-refractivity contribution < 1.29 is 4.74 Å². The Morgan fingerprint density at radius 3 is 3.05 bits per heavy atom. The van der Waals surface area contributed by atoms with Crippen molar-refractivity contribution in [1.82, 2.24) is 10.2 Å². The summed E-state index contributed by atoms with van der Waals surface area (Å²) < 4.78 is 5.31. The first-order valence-electron chi connectivity index (χ1n) is 7.64. The lowest BCUT2D eigenvalue weighted by Crippen LogP contribution is -2.42. The van der Waals surface area contributed by atoms with E-state index in [1.165, 1.54) is 19.4 Å². The second-order valence-electron chi connectivity index (χ2n) is 5.32. The largest absolute Gasteiger partial charge is 0.496 e. The number of nitrogens with two attached hydrogens (primary N) is 1. The molecule has 0 spiro atoms. The second kappa shape index (κ2) is 7.88. The van der Waals surface area contributed by atoms with Crippen molar-refractivity contribution >= 4 is 5.96 Å². The summed E-state index contributed by atoms with van der Waals surface area (Å²) in [5.74, 6) is 1.35. The van der Waals surface area contributed by atoms with Crippen molar-refractivity contribution in [3.8, 4) is 5.75 Å². The highest BCUT2D eigenvalue weighted by atomic mass is 16.5. The fourth-order valence-corrected chi connectivity index (χ4v) is 2.82. The van der Waals surface area contributed by atoms with E-state index in [9.17, 15) is 0 Å². The molecule has 0 amide bonds. The van der Waals surface area contributed by atoms with Gasteiger partial charge in [0, 0.05) is 18.2 Å². The quantitative estimate of drug-likeness (QED) is 0.617. The highest BCUT2D eigenvalue weighted by molar-refractivity contribution is 5.77. The Hall–Kier alpha value is -1.75. The van der Waals surface area contributed by atoms with Crippen LogP contribution in [-0.4, -0.2) is 43.6 Å². The number of likely N-dealkylation sites (N-methyl/N-ethyl adjacent to an activating group) is 1. The van der Waals surface area contributed by atoms with Crippen LogP contribution in [0.1, 0.15) is 25.3 Å². The minimum atomic E-state index is 0.504. The molecule has 0 aromatic heterocycles. The van der Waals surface area contributed by atoms with Gasteiger partial charge < -0.3 is 15.8 Å². The van der Waals surface area contributed by atoms with Crippen molar-refractivity contribution in [3.05, 3.63) is 29.8 Å². The van der Waals surface area contributed by atoms with E-state index in [1.54, 1.807) is 7.11 Å². The second-order valence-corrected chi connectivity index (χ2v) is 5.32. The molecule has 1 aliphatic rings. The predicted molar refractivity (Wildman–Crippen MR) is 86.6 cm³/mol. The summed E-state index contributed by atoms with van der Waals surface area (Å²) in [5, 5.41) is 3.24. The summed E-state index contributed by atoms with van der Waals surface area (Å²) in [7, 11) is 1.67. The van der Waals surface area contributed by atoms with E-state index in [2.05, 4.69) is 22.1 Å². The molecule has 0 unspecified atom stereocenters. The first-order chi connectivity index (χ1) is 10.2. The van der Waals surface area contributed by atoms with Crippen molar-refractivity contribution in [3.63, 3.8) is 0 Å². The van der Waals surface area contributed by atoms with Crippen molar-refractivity contribution in [2.75, 3.05) is 26.7 Å². The van der Waals surface area contributed by atoms with Gasteiger partial charge in [-0.15, -0.1) is 0 Å². The number of guanidine groups is 1. The van der Waals surface area contributed by atoms with E-state index < -0.39 is 0 Å². The molecule has 0 radical (unpaired) electrons. The number of para-hydroxylation sites is 1.